The van der Waals surface area contributed by atoms with E-state index in [2.05, 4.69) is 10.6 Å². The Morgan fingerprint density at radius 3 is 2.44 bits per heavy atom. The van der Waals surface area contributed by atoms with Gasteiger partial charge in [0.05, 0.1) is 10.0 Å². The molecule has 0 unspecified atom stereocenters. The monoisotopic (exact) mass is 405 g/mol. The van der Waals surface area contributed by atoms with Crippen LogP contribution in [0.3, 0.4) is 0 Å². The molecule has 2 aromatic carbocycles. The van der Waals surface area contributed by atoms with Gasteiger partial charge in [0.15, 0.2) is 0 Å². The number of hydrogen-bond donors (Lipinski definition) is 2. The van der Waals surface area contributed by atoms with E-state index in [0.717, 1.165) is 11.3 Å². The number of halogens is 2. The molecule has 0 radical (unpaired) electrons. The van der Waals surface area contributed by atoms with Crippen molar-refractivity contribution >= 4 is 40.8 Å². The topological polar surface area (TPSA) is 61.4 Å². The zero-order chi connectivity index (χ0) is 19.6. The van der Waals surface area contributed by atoms with E-state index in [0.29, 0.717) is 35.2 Å². The Bertz CT molecular complexity index is 866. The highest BCUT2D eigenvalue weighted by Crippen LogP contribution is 2.29. The number of nitrogens with zero attached hydrogens (tertiary/aromatic N) is 1. The molecule has 1 aliphatic rings. The van der Waals surface area contributed by atoms with E-state index in [-0.39, 0.29) is 17.4 Å². The van der Waals surface area contributed by atoms with Gasteiger partial charge in [0.25, 0.3) is 5.91 Å². The summed E-state index contributed by atoms with van der Waals surface area (Å²) in [6.07, 6.45) is 0. The van der Waals surface area contributed by atoms with E-state index in [1.165, 1.54) is 0 Å². The first-order chi connectivity index (χ1) is 12.8. The van der Waals surface area contributed by atoms with Crippen LogP contribution in [0.2, 0.25) is 10.0 Å². The van der Waals surface area contributed by atoms with Crippen molar-refractivity contribution < 1.29 is 9.59 Å². The highest BCUT2D eigenvalue weighted by atomic mass is 35.5. The van der Waals surface area contributed by atoms with Gasteiger partial charge in [-0.3, -0.25) is 9.69 Å². The second kappa shape index (κ2) is 7.79. The lowest BCUT2D eigenvalue weighted by Crippen LogP contribution is -2.36. The summed E-state index contributed by atoms with van der Waals surface area (Å²) < 4.78 is 0. The van der Waals surface area contributed by atoms with Crippen LogP contribution in [0.25, 0.3) is 0 Å². The number of nitrogens with one attached hydrogen (secondary N) is 2. The number of hydrogen-bond acceptors (Lipinski definition) is 2. The fourth-order valence-electron chi connectivity index (χ4n) is 2.93. The van der Waals surface area contributed by atoms with Crippen molar-refractivity contribution in [2.45, 2.75) is 19.3 Å². The van der Waals surface area contributed by atoms with Crippen LogP contribution in [0.1, 0.15) is 29.8 Å². The van der Waals surface area contributed by atoms with E-state index in [1.54, 1.807) is 35.2 Å². The first kappa shape index (κ1) is 19.5. The molecule has 3 amide bonds. The SMILES string of the molecule is CC(C)(CNC(=O)c1ccc(N2CCNC2=O)cc1)c1ccc(Cl)c(Cl)c1. The van der Waals surface area contributed by atoms with Crippen LogP contribution in [-0.4, -0.2) is 31.6 Å². The predicted octanol–water partition coefficient (Wildman–Crippen LogP) is 4.23. The van der Waals surface area contributed by atoms with E-state index < -0.39 is 0 Å². The number of benzene rings is 2. The largest absolute Gasteiger partial charge is 0.351 e. The van der Waals surface area contributed by atoms with Crippen molar-refractivity contribution in [1.82, 2.24) is 10.6 Å². The van der Waals surface area contributed by atoms with Crippen LogP contribution < -0.4 is 15.5 Å². The zero-order valence-electron chi connectivity index (χ0n) is 15.2. The molecule has 2 N–H and O–H groups in total. The average molecular weight is 406 g/mol. The molecule has 0 bridgehead atoms. The van der Waals surface area contributed by atoms with Gasteiger partial charge in [-0.15, -0.1) is 0 Å². The van der Waals surface area contributed by atoms with Crippen molar-refractivity contribution in [1.29, 1.82) is 0 Å². The lowest BCUT2D eigenvalue weighted by molar-refractivity contribution is 0.0945. The third-order valence-corrected chi connectivity index (χ3v) is 5.43. The highest BCUT2D eigenvalue weighted by Gasteiger charge is 2.23. The molecular weight excluding hydrogens is 385 g/mol. The fourth-order valence-corrected chi connectivity index (χ4v) is 3.23. The Morgan fingerprint density at radius 2 is 1.85 bits per heavy atom. The summed E-state index contributed by atoms with van der Waals surface area (Å²) in [5.41, 5.74) is 2.01. The Kier molecular flexibility index (Phi) is 5.63. The molecule has 1 heterocycles. The molecule has 0 atom stereocenters. The number of carbonyl (C=O) groups excluding carboxylic acids is 2. The molecule has 0 spiro atoms. The maximum absolute atomic E-state index is 12.5. The van der Waals surface area contributed by atoms with Crippen LogP contribution in [0.15, 0.2) is 42.5 Å². The van der Waals surface area contributed by atoms with Gasteiger partial charge < -0.3 is 10.6 Å². The Balaban J connectivity index is 1.64. The van der Waals surface area contributed by atoms with Crippen LogP contribution in [-0.2, 0) is 5.41 Å². The molecule has 0 saturated carbocycles. The minimum Gasteiger partial charge on any atom is -0.351 e. The average Bonchev–Trinajstić information content (AvgIpc) is 3.08. The molecule has 5 nitrogen and oxygen atoms in total. The van der Waals surface area contributed by atoms with Gasteiger partial charge >= 0.3 is 6.03 Å². The number of amides is 3. The molecule has 1 fully saturated rings. The van der Waals surface area contributed by atoms with Crippen LogP contribution in [0.5, 0.6) is 0 Å². The number of anilines is 1. The molecule has 142 valence electrons. The predicted molar refractivity (Wildman–Crippen MR) is 109 cm³/mol. The van der Waals surface area contributed by atoms with Crippen molar-refractivity contribution in [3.8, 4) is 0 Å². The summed E-state index contributed by atoms with van der Waals surface area (Å²) in [4.78, 5) is 25.8. The summed E-state index contributed by atoms with van der Waals surface area (Å²) >= 11 is 12.1. The molecule has 0 aliphatic carbocycles. The lowest BCUT2D eigenvalue weighted by atomic mass is 9.84. The minimum atomic E-state index is -0.308. The molecule has 3 rings (SSSR count). The van der Waals surface area contributed by atoms with E-state index in [4.69, 9.17) is 23.2 Å². The summed E-state index contributed by atoms with van der Waals surface area (Å²) in [6.45, 7) is 5.76. The van der Waals surface area contributed by atoms with Crippen molar-refractivity contribution in [3.05, 3.63) is 63.6 Å². The van der Waals surface area contributed by atoms with Gasteiger partial charge in [-0.25, -0.2) is 4.79 Å². The third-order valence-electron chi connectivity index (χ3n) is 4.69. The quantitative estimate of drug-likeness (QED) is 0.781. The molecular formula is C20H21Cl2N3O2. The summed E-state index contributed by atoms with van der Waals surface area (Å²) in [6, 6.07) is 12.4. The Labute approximate surface area is 168 Å². The number of rotatable bonds is 5. The summed E-state index contributed by atoms with van der Waals surface area (Å²) in [5.74, 6) is -0.166. The normalized spacial score (nSPS) is 14.2. The van der Waals surface area contributed by atoms with Crippen molar-refractivity contribution in [2.75, 3.05) is 24.5 Å². The molecule has 7 heteroatoms. The molecule has 0 aromatic heterocycles. The van der Waals surface area contributed by atoms with Gasteiger partial charge in [-0.2, -0.15) is 0 Å². The van der Waals surface area contributed by atoms with Gasteiger partial charge in [0, 0.05) is 36.3 Å². The summed E-state index contributed by atoms with van der Waals surface area (Å²) in [7, 11) is 0. The second-order valence-electron chi connectivity index (χ2n) is 7.13. The molecule has 1 saturated heterocycles. The maximum atomic E-state index is 12.5. The van der Waals surface area contributed by atoms with Crippen molar-refractivity contribution in [3.63, 3.8) is 0 Å². The molecule has 27 heavy (non-hydrogen) atoms. The number of urea groups is 1. The van der Waals surface area contributed by atoms with E-state index in [9.17, 15) is 9.59 Å². The Hall–Kier alpha value is -2.24. The van der Waals surface area contributed by atoms with E-state index in [1.807, 2.05) is 26.0 Å². The highest BCUT2D eigenvalue weighted by molar-refractivity contribution is 6.42. The second-order valence-corrected chi connectivity index (χ2v) is 7.94. The van der Waals surface area contributed by atoms with Gasteiger partial charge in [0.2, 0.25) is 0 Å². The van der Waals surface area contributed by atoms with Gasteiger partial charge in [0.1, 0.15) is 0 Å². The molecule has 2 aromatic rings. The molecule has 1 aliphatic heterocycles. The maximum Gasteiger partial charge on any atom is 0.321 e. The third kappa shape index (κ3) is 4.37. The Morgan fingerprint density at radius 1 is 1.15 bits per heavy atom. The lowest BCUT2D eigenvalue weighted by Gasteiger charge is -2.26. The summed E-state index contributed by atoms with van der Waals surface area (Å²) in [5, 5.41) is 6.72. The fraction of sp³-hybridized carbons (Fsp3) is 0.300. The zero-order valence-corrected chi connectivity index (χ0v) is 16.7. The van der Waals surface area contributed by atoms with Crippen LogP contribution in [0.4, 0.5) is 10.5 Å². The first-order valence-electron chi connectivity index (χ1n) is 8.67. The number of carbonyl (C=O) groups is 2. The van der Waals surface area contributed by atoms with Crippen LogP contribution >= 0.6 is 23.2 Å². The smallest absolute Gasteiger partial charge is 0.321 e. The van der Waals surface area contributed by atoms with Crippen molar-refractivity contribution in [2.24, 2.45) is 0 Å². The van der Waals surface area contributed by atoms with Gasteiger partial charge in [-0.1, -0.05) is 43.1 Å². The van der Waals surface area contributed by atoms with Crippen LogP contribution in [0, 0.1) is 0 Å². The first-order valence-corrected chi connectivity index (χ1v) is 9.43. The van der Waals surface area contributed by atoms with E-state index >= 15 is 0 Å². The minimum absolute atomic E-state index is 0.115. The van der Waals surface area contributed by atoms with Gasteiger partial charge in [-0.05, 0) is 42.0 Å². The standard InChI is InChI=1S/C20H21Cl2N3O2/c1-20(2,14-5-8-16(21)17(22)11-14)12-24-18(26)13-3-6-15(7-4-13)25-10-9-23-19(25)27/h3-8,11H,9-10,12H2,1-2H3,(H,23,27)(H,24,26).